The molecule has 8 heteroatoms. The van der Waals surface area contributed by atoms with Crippen molar-refractivity contribution < 1.29 is 14.6 Å². The van der Waals surface area contributed by atoms with E-state index in [1.807, 2.05) is 26.0 Å². The number of nitrogens with one attached hydrogen (secondary N) is 2. The minimum atomic E-state index is -0.852. The van der Waals surface area contributed by atoms with Gasteiger partial charge in [-0.25, -0.2) is 9.98 Å². The van der Waals surface area contributed by atoms with Crippen LogP contribution in [0.15, 0.2) is 23.3 Å². The second kappa shape index (κ2) is 10.3. The van der Waals surface area contributed by atoms with Crippen molar-refractivity contribution in [3.63, 3.8) is 0 Å². The molecule has 146 valence electrons. The number of methoxy groups -OCH3 is 1. The van der Waals surface area contributed by atoms with Gasteiger partial charge in [0.05, 0.1) is 32.5 Å². The third-order valence-electron chi connectivity index (χ3n) is 4.08. The SMILES string of the molecule is CCNC(=NCc1ccc(OC)nc1)NCC(C)(O)CN1CCOCC1. The van der Waals surface area contributed by atoms with Crippen LogP contribution in [0.2, 0.25) is 0 Å². The third-order valence-corrected chi connectivity index (χ3v) is 4.08. The number of guanidine groups is 1. The van der Waals surface area contributed by atoms with Gasteiger partial charge in [-0.05, 0) is 19.4 Å². The first-order valence-electron chi connectivity index (χ1n) is 9.06. The fourth-order valence-corrected chi connectivity index (χ4v) is 2.71. The van der Waals surface area contributed by atoms with Gasteiger partial charge in [-0.1, -0.05) is 6.07 Å². The molecular weight excluding hydrogens is 334 g/mol. The Morgan fingerprint density at radius 3 is 2.77 bits per heavy atom. The molecule has 1 atom stereocenters. The van der Waals surface area contributed by atoms with Crippen LogP contribution in [0.5, 0.6) is 5.88 Å². The van der Waals surface area contributed by atoms with E-state index in [4.69, 9.17) is 9.47 Å². The highest BCUT2D eigenvalue weighted by atomic mass is 16.5. The number of rotatable bonds is 8. The highest BCUT2D eigenvalue weighted by Crippen LogP contribution is 2.09. The summed E-state index contributed by atoms with van der Waals surface area (Å²) in [6.07, 6.45) is 1.75. The average Bonchev–Trinajstić information content (AvgIpc) is 2.65. The number of nitrogens with zero attached hydrogens (tertiary/aromatic N) is 3. The molecule has 26 heavy (non-hydrogen) atoms. The van der Waals surface area contributed by atoms with E-state index in [2.05, 4.69) is 25.5 Å². The minimum absolute atomic E-state index is 0.414. The van der Waals surface area contributed by atoms with Crippen molar-refractivity contribution in [3.05, 3.63) is 23.9 Å². The summed E-state index contributed by atoms with van der Waals surface area (Å²) in [7, 11) is 1.59. The van der Waals surface area contributed by atoms with Crippen LogP contribution in [-0.4, -0.2) is 79.6 Å². The van der Waals surface area contributed by atoms with Crippen LogP contribution >= 0.6 is 0 Å². The molecule has 1 saturated heterocycles. The summed E-state index contributed by atoms with van der Waals surface area (Å²) in [5.74, 6) is 1.26. The van der Waals surface area contributed by atoms with Crippen molar-refractivity contribution in [3.8, 4) is 5.88 Å². The number of β-amino-alcohol motifs (C(OH)–C–C–N with tert-alkyl or cyclic N) is 1. The van der Waals surface area contributed by atoms with Crippen LogP contribution in [0.3, 0.4) is 0 Å². The third kappa shape index (κ3) is 7.15. The number of aliphatic imine (C=N–C) groups is 1. The average molecular weight is 365 g/mol. The highest BCUT2D eigenvalue weighted by Gasteiger charge is 2.25. The first-order chi connectivity index (χ1) is 12.5. The fourth-order valence-electron chi connectivity index (χ4n) is 2.71. The van der Waals surface area contributed by atoms with Gasteiger partial charge in [-0.3, -0.25) is 4.90 Å². The van der Waals surface area contributed by atoms with Gasteiger partial charge < -0.3 is 25.2 Å². The van der Waals surface area contributed by atoms with Crippen LogP contribution in [0.4, 0.5) is 0 Å². The van der Waals surface area contributed by atoms with Crippen molar-refractivity contribution in [2.24, 2.45) is 4.99 Å². The zero-order valence-electron chi connectivity index (χ0n) is 16.0. The maximum Gasteiger partial charge on any atom is 0.212 e. The van der Waals surface area contributed by atoms with Crippen LogP contribution < -0.4 is 15.4 Å². The summed E-state index contributed by atoms with van der Waals surface area (Å²) in [4.78, 5) is 11.0. The summed E-state index contributed by atoms with van der Waals surface area (Å²) in [6, 6.07) is 3.76. The minimum Gasteiger partial charge on any atom is -0.481 e. The Balaban J connectivity index is 1.86. The molecule has 8 nitrogen and oxygen atoms in total. The molecular formula is C18H31N5O3. The standard InChI is InChI=1S/C18H31N5O3/c1-4-19-17(21-12-15-5-6-16(25-3)20-11-15)22-13-18(2,24)14-23-7-9-26-10-8-23/h5-6,11,24H,4,7-10,12-14H2,1-3H3,(H2,19,21,22). The Labute approximate surface area is 155 Å². The maximum absolute atomic E-state index is 10.7. The Bertz CT molecular complexity index is 556. The van der Waals surface area contributed by atoms with Crippen molar-refractivity contribution in [1.82, 2.24) is 20.5 Å². The van der Waals surface area contributed by atoms with Crippen LogP contribution in [0.25, 0.3) is 0 Å². The van der Waals surface area contributed by atoms with Gasteiger partial charge in [0.15, 0.2) is 5.96 Å². The van der Waals surface area contributed by atoms with E-state index in [0.717, 1.165) is 38.4 Å². The monoisotopic (exact) mass is 365 g/mol. The summed E-state index contributed by atoms with van der Waals surface area (Å²) in [6.45, 7) is 9.28. The number of ether oxygens (including phenoxy) is 2. The normalized spacial score (nSPS) is 18.2. The highest BCUT2D eigenvalue weighted by molar-refractivity contribution is 5.79. The smallest absolute Gasteiger partial charge is 0.212 e. The molecule has 1 unspecified atom stereocenters. The Kier molecular flexibility index (Phi) is 8.08. The zero-order chi connectivity index (χ0) is 18.8. The topological polar surface area (TPSA) is 91.2 Å². The van der Waals surface area contributed by atoms with E-state index in [1.54, 1.807) is 13.3 Å². The predicted octanol–water partition coefficient (Wildman–Crippen LogP) is 0.229. The molecule has 3 N–H and O–H groups in total. The summed E-state index contributed by atoms with van der Waals surface area (Å²) in [5.41, 5.74) is 0.137. The van der Waals surface area contributed by atoms with Crippen LogP contribution in [0, 0.1) is 0 Å². The first-order valence-corrected chi connectivity index (χ1v) is 9.06. The lowest BCUT2D eigenvalue weighted by Gasteiger charge is -2.34. The number of morpholine rings is 1. The molecule has 2 heterocycles. The Morgan fingerprint density at radius 1 is 1.38 bits per heavy atom. The molecule has 0 spiro atoms. The quantitative estimate of drug-likeness (QED) is 0.449. The molecule has 0 aliphatic carbocycles. The van der Waals surface area contributed by atoms with Gasteiger partial charge in [0.25, 0.3) is 0 Å². The van der Waals surface area contributed by atoms with E-state index in [1.165, 1.54) is 0 Å². The van der Waals surface area contributed by atoms with Gasteiger partial charge >= 0.3 is 0 Å². The molecule has 1 aliphatic heterocycles. The van der Waals surface area contributed by atoms with E-state index < -0.39 is 5.60 Å². The van der Waals surface area contributed by atoms with Crippen molar-refractivity contribution >= 4 is 5.96 Å². The van der Waals surface area contributed by atoms with Gasteiger partial charge in [-0.2, -0.15) is 0 Å². The van der Waals surface area contributed by atoms with Crippen molar-refractivity contribution in [2.75, 3.05) is 53.0 Å². The van der Waals surface area contributed by atoms with Crippen LogP contribution in [0.1, 0.15) is 19.4 Å². The van der Waals surface area contributed by atoms with Gasteiger partial charge in [0.1, 0.15) is 0 Å². The Morgan fingerprint density at radius 2 is 2.15 bits per heavy atom. The second-order valence-corrected chi connectivity index (χ2v) is 6.64. The number of hydrogen-bond acceptors (Lipinski definition) is 6. The van der Waals surface area contributed by atoms with E-state index >= 15 is 0 Å². The lowest BCUT2D eigenvalue weighted by atomic mass is 10.1. The Hall–Kier alpha value is -1.90. The molecule has 0 aromatic carbocycles. The number of aliphatic hydroxyl groups is 1. The summed E-state index contributed by atoms with van der Waals surface area (Å²) >= 11 is 0. The van der Waals surface area contributed by atoms with Crippen molar-refractivity contribution in [1.29, 1.82) is 0 Å². The summed E-state index contributed by atoms with van der Waals surface area (Å²) < 4.78 is 10.4. The van der Waals surface area contributed by atoms with Gasteiger partial charge in [0, 0.05) is 45.0 Å². The molecule has 1 aromatic heterocycles. The molecule has 0 radical (unpaired) electrons. The molecule has 1 fully saturated rings. The van der Waals surface area contributed by atoms with E-state index in [-0.39, 0.29) is 0 Å². The van der Waals surface area contributed by atoms with E-state index in [0.29, 0.717) is 31.5 Å². The van der Waals surface area contributed by atoms with Crippen molar-refractivity contribution in [2.45, 2.75) is 26.0 Å². The molecule has 1 aliphatic rings. The lowest BCUT2D eigenvalue weighted by Crippen LogP contribution is -2.52. The van der Waals surface area contributed by atoms with Gasteiger partial charge in [-0.15, -0.1) is 0 Å². The molecule has 0 saturated carbocycles. The molecule has 0 bridgehead atoms. The van der Waals surface area contributed by atoms with E-state index in [9.17, 15) is 5.11 Å². The number of hydrogen-bond donors (Lipinski definition) is 3. The zero-order valence-corrected chi connectivity index (χ0v) is 16.0. The lowest BCUT2D eigenvalue weighted by molar-refractivity contribution is -0.0201. The molecule has 1 aromatic rings. The molecule has 2 rings (SSSR count). The van der Waals surface area contributed by atoms with Crippen LogP contribution in [-0.2, 0) is 11.3 Å². The number of pyridine rings is 1. The number of aromatic nitrogens is 1. The second-order valence-electron chi connectivity index (χ2n) is 6.64. The predicted molar refractivity (Wildman–Crippen MR) is 101 cm³/mol. The summed E-state index contributed by atoms with van der Waals surface area (Å²) in [5, 5.41) is 17.1. The first kappa shape index (κ1) is 20.4. The maximum atomic E-state index is 10.7. The van der Waals surface area contributed by atoms with Gasteiger partial charge in [0.2, 0.25) is 5.88 Å². The molecule has 0 amide bonds. The fraction of sp³-hybridized carbons (Fsp3) is 0.667. The largest absolute Gasteiger partial charge is 0.481 e.